The quantitative estimate of drug-likeness (QED) is 0.487. The van der Waals surface area contributed by atoms with Crippen LogP contribution < -0.4 is 20.3 Å². The van der Waals surface area contributed by atoms with Crippen molar-refractivity contribution in [1.82, 2.24) is 25.1 Å². The molecule has 4 rings (SSSR count). The molecule has 1 saturated heterocycles. The van der Waals surface area contributed by atoms with E-state index in [9.17, 15) is 9.18 Å². The van der Waals surface area contributed by atoms with E-state index in [1.54, 1.807) is 19.3 Å². The molecule has 0 spiro atoms. The molecule has 1 aliphatic rings. The van der Waals surface area contributed by atoms with E-state index in [-0.39, 0.29) is 23.4 Å². The van der Waals surface area contributed by atoms with E-state index in [1.165, 1.54) is 16.9 Å². The van der Waals surface area contributed by atoms with Crippen LogP contribution >= 0.6 is 0 Å². The number of nitrogens with one attached hydrogen (secondary N) is 2. The molecule has 3 aromatic rings. The van der Waals surface area contributed by atoms with Crippen molar-refractivity contribution in [3.63, 3.8) is 0 Å². The second-order valence-electron chi connectivity index (χ2n) is 7.38. The van der Waals surface area contributed by atoms with Gasteiger partial charge in [0.05, 0.1) is 6.61 Å². The van der Waals surface area contributed by atoms with Crippen molar-refractivity contribution in [3.05, 3.63) is 35.9 Å². The van der Waals surface area contributed by atoms with Gasteiger partial charge in [-0.1, -0.05) is 0 Å². The Bertz CT molecular complexity index is 1140. The summed E-state index contributed by atoms with van der Waals surface area (Å²) in [6, 6.07) is 3.23. The number of carbonyl (C=O) groups excluding carboxylic acids is 1. The van der Waals surface area contributed by atoms with Crippen molar-refractivity contribution < 1.29 is 23.8 Å². The lowest BCUT2D eigenvalue weighted by Gasteiger charge is -2.32. The molecule has 1 fully saturated rings. The van der Waals surface area contributed by atoms with Gasteiger partial charge < -0.3 is 25.4 Å². The van der Waals surface area contributed by atoms with Crippen LogP contribution in [-0.2, 0) is 11.8 Å². The fourth-order valence-electron chi connectivity index (χ4n) is 3.51. The van der Waals surface area contributed by atoms with Gasteiger partial charge in [0.1, 0.15) is 11.1 Å². The molecule has 176 valence electrons. The van der Waals surface area contributed by atoms with Gasteiger partial charge >= 0.3 is 0 Å². The molecule has 1 unspecified atom stereocenters. The van der Waals surface area contributed by atoms with Gasteiger partial charge in [0, 0.05) is 56.2 Å². The van der Waals surface area contributed by atoms with Gasteiger partial charge in [-0.15, -0.1) is 0 Å². The molecule has 1 atom stereocenters. The Morgan fingerprint density at radius 1 is 1.45 bits per heavy atom. The number of halogens is 1. The predicted octanol–water partition coefficient (Wildman–Crippen LogP) is 1.65. The van der Waals surface area contributed by atoms with Crippen molar-refractivity contribution in [2.24, 2.45) is 7.05 Å². The van der Waals surface area contributed by atoms with Crippen LogP contribution in [0.25, 0.3) is 10.9 Å². The molecule has 0 radical (unpaired) electrons. The van der Waals surface area contributed by atoms with Crippen molar-refractivity contribution >= 4 is 34.9 Å². The monoisotopic (exact) mass is 459 g/mol. The van der Waals surface area contributed by atoms with E-state index in [2.05, 4.69) is 37.5 Å². The number of fused-ring (bicyclic) bond motifs is 1. The number of carboxylic acid groups (broad SMARTS) is 1. The van der Waals surface area contributed by atoms with Gasteiger partial charge in [-0.2, -0.15) is 10.1 Å². The van der Waals surface area contributed by atoms with Gasteiger partial charge in [0.25, 0.3) is 12.4 Å². The summed E-state index contributed by atoms with van der Waals surface area (Å²) in [5, 5.41) is 17.6. The van der Waals surface area contributed by atoms with E-state index in [0.717, 1.165) is 19.6 Å². The lowest BCUT2D eigenvalue weighted by Crippen LogP contribution is -2.49. The second kappa shape index (κ2) is 10.7. The first kappa shape index (κ1) is 23.9. The summed E-state index contributed by atoms with van der Waals surface area (Å²) in [5.74, 6) is -0.255. The van der Waals surface area contributed by atoms with Gasteiger partial charge in [-0.05, 0) is 26.0 Å². The first-order valence-electron chi connectivity index (χ1n) is 10.4. The van der Waals surface area contributed by atoms with Crippen LogP contribution in [0.3, 0.4) is 0 Å². The largest absolute Gasteiger partial charge is 0.483 e. The van der Waals surface area contributed by atoms with E-state index < -0.39 is 11.7 Å². The summed E-state index contributed by atoms with van der Waals surface area (Å²) >= 11 is 0. The average Bonchev–Trinajstić information content (AvgIpc) is 3.15. The first-order chi connectivity index (χ1) is 15.9. The molecule has 1 amide bonds. The average molecular weight is 459 g/mol. The molecular weight excluding hydrogens is 433 g/mol. The van der Waals surface area contributed by atoms with Gasteiger partial charge in [0.15, 0.2) is 5.82 Å². The van der Waals surface area contributed by atoms with Crippen molar-refractivity contribution in [3.8, 4) is 5.88 Å². The summed E-state index contributed by atoms with van der Waals surface area (Å²) in [6.45, 7) is 6.38. The number of rotatable bonds is 5. The maximum atomic E-state index is 14.3. The number of hydrogen-bond donors (Lipinski definition) is 3. The topological polar surface area (TPSA) is 134 Å². The van der Waals surface area contributed by atoms with E-state index in [4.69, 9.17) is 14.6 Å². The lowest BCUT2D eigenvalue weighted by atomic mass is 10.2. The maximum Gasteiger partial charge on any atom is 0.290 e. The van der Waals surface area contributed by atoms with Crippen LogP contribution in [0.15, 0.2) is 24.5 Å². The molecule has 1 aromatic carbocycles. The first-order valence-corrected chi connectivity index (χ1v) is 10.4. The Balaban J connectivity index is 0.000000968. The third-order valence-corrected chi connectivity index (χ3v) is 4.85. The molecule has 0 saturated carbocycles. The Kier molecular flexibility index (Phi) is 7.72. The number of carbonyl (C=O) groups is 2. The zero-order valence-corrected chi connectivity index (χ0v) is 18.6. The zero-order valence-electron chi connectivity index (χ0n) is 18.6. The zero-order chi connectivity index (χ0) is 24.0. The minimum atomic E-state index is -0.507. The molecule has 33 heavy (non-hydrogen) atoms. The highest BCUT2D eigenvalue weighted by molar-refractivity contribution is 6.06. The predicted molar refractivity (Wildman–Crippen MR) is 120 cm³/mol. The van der Waals surface area contributed by atoms with E-state index >= 15 is 0 Å². The van der Waals surface area contributed by atoms with E-state index in [1.807, 2.05) is 6.92 Å². The molecular formula is C21H26FN7O4. The Morgan fingerprint density at radius 3 is 2.91 bits per heavy atom. The number of piperazine rings is 1. The number of anilines is 2. The standard InChI is InChI=1S/C20H24FN7O2.CH2O2/c1-4-30-19-15(9-23-20(25-19)28-6-5-22-12(2)10-28)18(29)24-14-7-13-11-27(3)26-17(13)16(21)8-14;2-1-3/h7-9,11-12,22H,4-6,10H2,1-3H3,(H,24,29);1H,(H,2,3). The molecule has 2 aromatic heterocycles. The molecule has 0 aliphatic carbocycles. The number of aromatic nitrogens is 4. The molecule has 1 aliphatic heterocycles. The molecule has 11 nitrogen and oxygen atoms in total. The maximum absolute atomic E-state index is 14.3. The smallest absolute Gasteiger partial charge is 0.290 e. The van der Waals surface area contributed by atoms with Crippen LogP contribution in [0.2, 0.25) is 0 Å². The minimum absolute atomic E-state index is 0.190. The lowest BCUT2D eigenvalue weighted by molar-refractivity contribution is -0.122. The number of nitrogens with zero attached hydrogens (tertiary/aromatic N) is 5. The Hall–Kier alpha value is -3.80. The van der Waals surface area contributed by atoms with Crippen LogP contribution in [-0.4, -0.2) is 69.5 Å². The molecule has 0 bridgehead atoms. The molecule has 3 N–H and O–H groups in total. The van der Waals surface area contributed by atoms with Crippen molar-refractivity contribution in [1.29, 1.82) is 0 Å². The summed E-state index contributed by atoms with van der Waals surface area (Å²) in [6.07, 6.45) is 3.14. The number of amides is 1. The Morgan fingerprint density at radius 2 is 2.21 bits per heavy atom. The molecule has 12 heteroatoms. The molecule has 3 heterocycles. The van der Waals surface area contributed by atoms with E-state index in [0.29, 0.717) is 29.7 Å². The highest BCUT2D eigenvalue weighted by atomic mass is 19.1. The summed E-state index contributed by atoms with van der Waals surface area (Å²) in [5.41, 5.74) is 0.763. The van der Waals surface area contributed by atoms with Crippen LogP contribution in [0.5, 0.6) is 5.88 Å². The third kappa shape index (κ3) is 5.71. The SMILES string of the molecule is CCOc1nc(N2CCNC(C)C2)ncc1C(=O)Nc1cc(F)c2nn(C)cc2c1.O=CO. The summed E-state index contributed by atoms with van der Waals surface area (Å²) in [4.78, 5) is 32.1. The van der Waals surface area contributed by atoms with Gasteiger partial charge in [-0.3, -0.25) is 14.3 Å². The summed E-state index contributed by atoms with van der Waals surface area (Å²) < 4.78 is 21.4. The van der Waals surface area contributed by atoms with Crippen molar-refractivity contribution in [2.75, 3.05) is 36.5 Å². The minimum Gasteiger partial charge on any atom is -0.483 e. The summed E-state index contributed by atoms with van der Waals surface area (Å²) in [7, 11) is 1.71. The second-order valence-corrected chi connectivity index (χ2v) is 7.38. The van der Waals surface area contributed by atoms with Crippen LogP contribution in [0.1, 0.15) is 24.2 Å². The van der Waals surface area contributed by atoms with Gasteiger partial charge in [0.2, 0.25) is 11.8 Å². The Labute approximate surface area is 189 Å². The highest BCUT2D eigenvalue weighted by Crippen LogP contribution is 2.24. The fraction of sp³-hybridized carbons (Fsp3) is 0.381. The van der Waals surface area contributed by atoms with Crippen LogP contribution in [0, 0.1) is 5.82 Å². The number of ether oxygens (including phenoxy) is 1. The number of benzene rings is 1. The fourth-order valence-corrected chi connectivity index (χ4v) is 3.51. The van der Waals surface area contributed by atoms with Gasteiger partial charge in [-0.25, -0.2) is 9.37 Å². The van der Waals surface area contributed by atoms with Crippen molar-refractivity contribution in [2.45, 2.75) is 19.9 Å². The number of hydrogen-bond acceptors (Lipinski definition) is 8. The highest BCUT2D eigenvalue weighted by Gasteiger charge is 2.22. The van der Waals surface area contributed by atoms with Crippen LogP contribution in [0.4, 0.5) is 16.0 Å². The normalized spacial score (nSPS) is 15.5. The third-order valence-electron chi connectivity index (χ3n) is 4.85. The number of aryl methyl sites for hydroxylation is 1.